The summed E-state index contributed by atoms with van der Waals surface area (Å²) in [5, 5.41) is 14.3. The monoisotopic (exact) mass is 470 g/mol. The molecule has 0 radical (unpaired) electrons. The van der Waals surface area contributed by atoms with E-state index in [0.717, 1.165) is 31.5 Å². The molecule has 34 heavy (non-hydrogen) atoms. The number of benzene rings is 2. The molecule has 8 nitrogen and oxygen atoms in total. The lowest BCUT2D eigenvalue weighted by molar-refractivity contribution is -0.129. The van der Waals surface area contributed by atoms with E-state index in [1.54, 1.807) is 26.2 Å². The number of carbonyl (C=O) groups is 1. The quantitative estimate of drug-likeness (QED) is 0.552. The van der Waals surface area contributed by atoms with Crippen molar-refractivity contribution < 1.29 is 28.8 Å². The molecule has 0 bridgehead atoms. The Kier molecular flexibility index (Phi) is 8.26. The van der Waals surface area contributed by atoms with Crippen molar-refractivity contribution >= 4 is 5.91 Å². The molecule has 4 rings (SSSR count). The van der Waals surface area contributed by atoms with Crippen LogP contribution in [0.15, 0.2) is 42.5 Å². The van der Waals surface area contributed by atoms with Gasteiger partial charge in [0.25, 0.3) is 5.91 Å². The van der Waals surface area contributed by atoms with Crippen LogP contribution in [0.5, 0.6) is 17.2 Å². The fourth-order valence-corrected chi connectivity index (χ4v) is 4.33. The molecular weight excluding hydrogens is 436 g/mol. The molecule has 184 valence electrons. The number of ether oxygens (including phenoxy) is 4. The van der Waals surface area contributed by atoms with Crippen LogP contribution in [0.3, 0.4) is 0 Å². The summed E-state index contributed by atoms with van der Waals surface area (Å²) in [6.07, 6.45) is 0.626. The molecule has 1 fully saturated rings. The lowest BCUT2D eigenvalue weighted by atomic mass is 10.0. The van der Waals surface area contributed by atoms with E-state index >= 15 is 0 Å². The number of aliphatic hydroxyl groups is 1. The summed E-state index contributed by atoms with van der Waals surface area (Å²) in [6.45, 7) is 5.69. The Morgan fingerprint density at radius 1 is 1.09 bits per heavy atom. The normalized spacial score (nSPS) is 18.2. The third-order valence-corrected chi connectivity index (χ3v) is 6.19. The van der Waals surface area contributed by atoms with E-state index in [0.29, 0.717) is 49.2 Å². The van der Waals surface area contributed by atoms with Gasteiger partial charge in [0.2, 0.25) is 0 Å². The van der Waals surface area contributed by atoms with Crippen LogP contribution in [-0.4, -0.2) is 68.0 Å². The summed E-state index contributed by atoms with van der Waals surface area (Å²) in [7, 11) is 1.65. The number of hydrogen-bond donors (Lipinski definition) is 2. The molecule has 2 aromatic rings. The molecule has 8 heteroatoms. The zero-order valence-corrected chi connectivity index (χ0v) is 19.9. The highest BCUT2D eigenvalue weighted by molar-refractivity contribution is 5.81. The number of nitrogens with zero attached hydrogens (tertiary/aromatic N) is 1. The number of fused-ring (bicyclic) bond motifs is 1. The molecule has 2 heterocycles. The predicted octanol–water partition coefficient (Wildman–Crippen LogP) is 2.69. The van der Waals surface area contributed by atoms with Crippen LogP contribution < -0.4 is 19.5 Å². The highest BCUT2D eigenvalue weighted by Crippen LogP contribution is 2.33. The molecule has 3 atom stereocenters. The smallest absolute Gasteiger partial charge is 0.261 e. The molecular formula is C26H34N2O6. The topological polar surface area (TPSA) is 89.5 Å². The van der Waals surface area contributed by atoms with Gasteiger partial charge in [-0.15, -0.1) is 0 Å². The number of hydrogen-bond acceptors (Lipinski definition) is 7. The second kappa shape index (κ2) is 11.6. The second-order valence-electron chi connectivity index (χ2n) is 8.81. The van der Waals surface area contributed by atoms with Gasteiger partial charge in [0, 0.05) is 13.7 Å². The Morgan fingerprint density at radius 2 is 1.79 bits per heavy atom. The summed E-state index contributed by atoms with van der Waals surface area (Å²) in [5.74, 6) is 1.61. The van der Waals surface area contributed by atoms with Crippen molar-refractivity contribution in [3.05, 3.63) is 53.6 Å². The lowest BCUT2D eigenvalue weighted by Gasteiger charge is -2.30. The Morgan fingerprint density at radius 3 is 2.50 bits per heavy atom. The number of carbonyl (C=O) groups excluding carboxylic acids is 1. The molecule has 2 aliphatic heterocycles. The standard InChI is InChI=1S/C26H34N2O6/c1-18(34-21-8-5-19(6-9-21)17-31-2)26(30)27-22(16-28-11-3-4-12-28)25(29)20-7-10-23-24(15-20)33-14-13-32-23/h5-10,15,18,22,25,29H,3-4,11-14,16-17H2,1-2H3,(H,27,30). The molecule has 3 unspecified atom stereocenters. The van der Waals surface area contributed by atoms with Crippen LogP contribution in [0.2, 0.25) is 0 Å². The zero-order valence-electron chi connectivity index (χ0n) is 19.9. The first kappa shape index (κ1) is 24.3. The molecule has 2 aromatic carbocycles. The summed E-state index contributed by atoms with van der Waals surface area (Å²) in [5.41, 5.74) is 1.70. The maximum atomic E-state index is 13.0. The van der Waals surface area contributed by atoms with Crippen molar-refractivity contribution in [2.75, 3.05) is 40.0 Å². The van der Waals surface area contributed by atoms with Gasteiger partial charge in [0.1, 0.15) is 25.1 Å². The first-order valence-electron chi connectivity index (χ1n) is 11.9. The second-order valence-corrected chi connectivity index (χ2v) is 8.81. The SMILES string of the molecule is COCc1ccc(OC(C)C(=O)NC(CN2CCCC2)C(O)c2ccc3c(c2)OCCO3)cc1. The zero-order chi connectivity index (χ0) is 23.9. The van der Waals surface area contributed by atoms with E-state index in [1.807, 2.05) is 30.3 Å². The number of likely N-dealkylation sites (tertiary alicyclic amines) is 1. The van der Waals surface area contributed by atoms with Gasteiger partial charge in [-0.25, -0.2) is 0 Å². The van der Waals surface area contributed by atoms with Crippen molar-refractivity contribution in [1.29, 1.82) is 0 Å². The molecule has 0 aliphatic carbocycles. The van der Waals surface area contributed by atoms with Crippen LogP contribution in [-0.2, 0) is 16.1 Å². The Bertz CT molecular complexity index is 945. The Labute approximate surface area is 200 Å². The highest BCUT2D eigenvalue weighted by atomic mass is 16.6. The van der Waals surface area contributed by atoms with Crippen molar-refractivity contribution in [1.82, 2.24) is 10.2 Å². The summed E-state index contributed by atoms with van der Waals surface area (Å²) >= 11 is 0. The van der Waals surface area contributed by atoms with Crippen molar-refractivity contribution in [2.24, 2.45) is 0 Å². The Balaban J connectivity index is 1.43. The lowest BCUT2D eigenvalue weighted by Crippen LogP contribution is -2.50. The maximum Gasteiger partial charge on any atom is 0.261 e. The van der Waals surface area contributed by atoms with Crippen molar-refractivity contribution in [3.63, 3.8) is 0 Å². The van der Waals surface area contributed by atoms with E-state index < -0.39 is 18.2 Å². The van der Waals surface area contributed by atoms with E-state index in [4.69, 9.17) is 18.9 Å². The fourth-order valence-electron chi connectivity index (χ4n) is 4.33. The van der Waals surface area contributed by atoms with Crippen LogP contribution in [0.25, 0.3) is 0 Å². The number of nitrogens with one attached hydrogen (secondary N) is 1. The minimum Gasteiger partial charge on any atom is -0.486 e. The van der Waals surface area contributed by atoms with Crippen molar-refractivity contribution in [3.8, 4) is 17.2 Å². The van der Waals surface area contributed by atoms with Crippen LogP contribution in [0.1, 0.15) is 37.0 Å². The van der Waals surface area contributed by atoms with Crippen LogP contribution in [0.4, 0.5) is 0 Å². The summed E-state index contributed by atoms with van der Waals surface area (Å²) in [6, 6.07) is 12.4. The number of methoxy groups -OCH3 is 1. The van der Waals surface area contributed by atoms with Crippen LogP contribution in [0, 0.1) is 0 Å². The van der Waals surface area contributed by atoms with Crippen LogP contribution >= 0.6 is 0 Å². The van der Waals surface area contributed by atoms with Gasteiger partial charge in [-0.05, 0) is 68.2 Å². The minimum atomic E-state index is -0.902. The average Bonchev–Trinajstić information content (AvgIpc) is 3.37. The van der Waals surface area contributed by atoms with Gasteiger partial charge < -0.3 is 34.3 Å². The minimum absolute atomic E-state index is 0.276. The molecule has 2 N–H and O–H groups in total. The Hall–Kier alpha value is -2.81. The number of amides is 1. The first-order valence-corrected chi connectivity index (χ1v) is 11.9. The number of rotatable bonds is 10. The first-order chi connectivity index (χ1) is 16.5. The summed E-state index contributed by atoms with van der Waals surface area (Å²) in [4.78, 5) is 15.3. The third-order valence-electron chi connectivity index (χ3n) is 6.19. The molecule has 0 saturated carbocycles. The number of aliphatic hydroxyl groups excluding tert-OH is 1. The fraction of sp³-hybridized carbons (Fsp3) is 0.500. The maximum absolute atomic E-state index is 13.0. The highest BCUT2D eigenvalue weighted by Gasteiger charge is 2.29. The third kappa shape index (κ3) is 6.20. The molecule has 2 aliphatic rings. The van der Waals surface area contributed by atoms with Gasteiger partial charge >= 0.3 is 0 Å². The van der Waals surface area contributed by atoms with E-state index in [2.05, 4.69) is 10.2 Å². The predicted molar refractivity (Wildman–Crippen MR) is 127 cm³/mol. The van der Waals surface area contributed by atoms with Gasteiger partial charge in [-0.3, -0.25) is 4.79 Å². The average molecular weight is 471 g/mol. The van der Waals surface area contributed by atoms with Gasteiger partial charge in [0.15, 0.2) is 17.6 Å². The molecule has 1 amide bonds. The van der Waals surface area contributed by atoms with E-state index in [1.165, 1.54) is 0 Å². The molecule has 1 saturated heterocycles. The van der Waals surface area contributed by atoms with Crippen molar-refractivity contribution in [2.45, 2.75) is 44.6 Å². The molecule has 0 spiro atoms. The molecule has 0 aromatic heterocycles. The van der Waals surface area contributed by atoms with E-state index in [9.17, 15) is 9.90 Å². The van der Waals surface area contributed by atoms with Gasteiger partial charge in [-0.2, -0.15) is 0 Å². The largest absolute Gasteiger partial charge is 0.486 e. The summed E-state index contributed by atoms with van der Waals surface area (Å²) < 4.78 is 22.2. The van der Waals surface area contributed by atoms with E-state index in [-0.39, 0.29) is 5.91 Å². The van der Waals surface area contributed by atoms with Gasteiger partial charge in [-0.1, -0.05) is 18.2 Å². The van der Waals surface area contributed by atoms with Gasteiger partial charge in [0.05, 0.1) is 12.6 Å².